The van der Waals surface area contributed by atoms with Crippen LogP contribution in [0.2, 0.25) is 0 Å². The molecule has 0 atom stereocenters. The molecular formula is C9H3F3O2S. The van der Waals surface area contributed by atoms with Crippen LogP contribution >= 0.6 is 11.3 Å². The molecular weight excluding hydrogens is 229 g/mol. The van der Waals surface area contributed by atoms with E-state index in [2.05, 4.69) is 0 Å². The molecule has 0 saturated heterocycles. The summed E-state index contributed by atoms with van der Waals surface area (Å²) in [5, 5.41) is 8.27. The Morgan fingerprint density at radius 3 is 2.47 bits per heavy atom. The summed E-state index contributed by atoms with van der Waals surface area (Å²) in [4.78, 5) is 10.3. The number of carboxylic acid groups (broad SMARTS) is 1. The van der Waals surface area contributed by atoms with Gasteiger partial charge in [-0.3, -0.25) is 0 Å². The Hall–Kier alpha value is -1.56. The van der Waals surface area contributed by atoms with Gasteiger partial charge >= 0.3 is 5.97 Å². The Morgan fingerprint density at radius 1 is 1.20 bits per heavy atom. The van der Waals surface area contributed by atoms with Crippen LogP contribution in [0.25, 0.3) is 10.1 Å². The number of halogens is 3. The van der Waals surface area contributed by atoms with Gasteiger partial charge in [-0.05, 0) is 6.07 Å². The quantitative estimate of drug-likeness (QED) is 0.767. The van der Waals surface area contributed by atoms with E-state index < -0.39 is 23.4 Å². The van der Waals surface area contributed by atoms with Crippen LogP contribution in [0.3, 0.4) is 0 Å². The van der Waals surface area contributed by atoms with Crippen molar-refractivity contribution in [3.05, 3.63) is 34.5 Å². The summed E-state index contributed by atoms with van der Waals surface area (Å²) < 4.78 is 38.8. The van der Waals surface area contributed by atoms with Crippen LogP contribution in [-0.4, -0.2) is 11.1 Å². The van der Waals surface area contributed by atoms with E-state index >= 15 is 0 Å². The van der Waals surface area contributed by atoms with Crippen LogP contribution in [0.15, 0.2) is 12.1 Å². The van der Waals surface area contributed by atoms with Crippen molar-refractivity contribution in [1.82, 2.24) is 0 Å². The first-order valence-electron chi connectivity index (χ1n) is 3.81. The molecule has 1 heterocycles. The lowest BCUT2D eigenvalue weighted by Crippen LogP contribution is -1.90. The minimum Gasteiger partial charge on any atom is -0.477 e. The number of aromatic carboxylic acids is 1. The maximum atomic E-state index is 13.1. The molecule has 0 aliphatic heterocycles. The van der Waals surface area contributed by atoms with Gasteiger partial charge in [0.1, 0.15) is 10.7 Å². The number of hydrogen-bond donors (Lipinski definition) is 1. The molecule has 6 heteroatoms. The molecule has 0 aliphatic carbocycles. The van der Waals surface area contributed by atoms with E-state index in [1.807, 2.05) is 0 Å². The number of hydrogen-bond acceptors (Lipinski definition) is 2. The molecule has 15 heavy (non-hydrogen) atoms. The largest absolute Gasteiger partial charge is 0.477 e. The number of carbonyl (C=O) groups is 1. The van der Waals surface area contributed by atoms with Gasteiger partial charge in [0.15, 0.2) is 11.6 Å². The van der Waals surface area contributed by atoms with Crippen molar-refractivity contribution in [1.29, 1.82) is 0 Å². The average molecular weight is 232 g/mol. The summed E-state index contributed by atoms with van der Waals surface area (Å²) in [5.41, 5.74) is 0. The maximum Gasteiger partial charge on any atom is 0.345 e. The lowest BCUT2D eigenvalue weighted by atomic mass is 10.2. The van der Waals surface area contributed by atoms with Crippen molar-refractivity contribution in [2.24, 2.45) is 0 Å². The number of fused-ring (bicyclic) bond motifs is 1. The minimum atomic E-state index is -1.32. The van der Waals surface area contributed by atoms with Gasteiger partial charge in [-0.2, -0.15) is 0 Å². The van der Waals surface area contributed by atoms with Crippen molar-refractivity contribution in [3.8, 4) is 0 Å². The van der Waals surface area contributed by atoms with Crippen LogP contribution < -0.4 is 0 Å². The van der Waals surface area contributed by atoms with E-state index in [-0.39, 0.29) is 15.0 Å². The van der Waals surface area contributed by atoms with Crippen LogP contribution in [-0.2, 0) is 0 Å². The fourth-order valence-corrected chi connectivity index (χ4v) is 2.10. The highest BCUT2D eigenvalue weighted by atomic mass is 32.1. The van der Waals surface area contributed by atoms with E-state index in [4.69, 9.17) is 5.11 Å². The van der Waals surface area contributed by atoms with Crippen molar-refractivity contribution in [2.75, 3.05) is 0 Å². The fourth-order valence-electron chi connectivity index (χ4n) is 1.21. The van der Waals surface area contributed by atoms with Gasteiger partial charge in [0, 0.05) is 11.5 Å². The molecule has 0 amide bonds. The molecule has 2 nitrogen and oxygen atoms in total. The third-order valence-corrected chi connectivity index (χ3v) is 2.99. The summed E-state index contributed by atoms with van der Waals surface area (Å²) in [6, 6.07) is 1.32. The van der Waals surface area contributed by atoms with Gasteiger partial charge in [-0.1, -0.05) is 0 Å². The van der Waals surface area contributed by atoms with Crippen molar-refractivity contribution >= 4 is 27.4 Å². The molecule has 1 N–H and O–H groups in total. The van der Waals surface area contributed by atoms with Gasteiger partial charge in [-0.25, -0.2) is 18.0 Å². The first-order valence-corrected chi connectivity index (χ1v) is 4.62. The van der Waals surface area contributed by atoms with E-state index in [0.29, 0.717) is 17.4 Å². The molecule has 0 spiro atoms. The summed E-state index contributed by atoms with van der Waals surface area (Å²) in [7, 11) is 0. The van der Waals surface area contributed by atoms with E-state index in [1.54, 1.807) is 0 Å². The zero-order valence-corrected chi connectivity index (χ0v) is 7.87. The summed E-state index contributed by atoms with van der Waals surface area (Å²) in [6.45, 7) is 0. The first-order chi connectivity index (χ1) is 7.00. The molecule has 0 bridgehead atoms. The molecule has 78 valence electrons. The lowest BCUT2D eigenvalue weighted by Gasteiger charge is -1.95. The zero-order valence-electron chi connectivity index (χ0n) is 7.05. The Morgan fingerprint density at radius 2 is 1.87 bits per heavy atom. The topological polar surface area (TPSA) is 37.3 Å². The van der Waals surface area contributed by atoms with Crippen LogP contribution in [0, 0.1) is 17.5 Å². The lowest BCUT2D eigenvalue weighted by molar-refractivity contribution is 0.0702. The molecule has 0 fully saturated rings. The summed E-state index contributed by atoms with van der Waals surface area (Å²) >= 11 is 0.574. The monoisotopic (exact) mass is 232 g/mol. The zero-order chi connectivity index (χ0) is 11.2. The molecule has 1 aromatic carbocycles. The number of carboxylic acids is 1. The summed E-state index contributed by atoms with van der Waals surface area (Å²) in [6.07, 6.45) is 0. The number of rotatable bonds is 1. The third kappa shape index (κ3) is 1.46. The van der Waals surface area contributed by atoms with Gasteiger partial charge in [-0.15, -0.1) is 11.3 Å². The molecule has 2 aromatic rings. The second-order valence-electron chi connectivity index (χ2n) is 2.81. The van der Waals surface area contributed by atoms with Gasteiger partial charge < -0.3 is 5.11 Å². The third-order valence-electron chi connectivity index (χ3n) is 1.86. The van der Waals surface area contributed by atoms with Crippen molar-refractivity contribution in [2.45, 2.75) is 0 Å². The van der Waals surface area contributed by atoms with Crippen LogP contribution in [0.5, 0.6) is 0 Å². The Balaban J connectivity index is 2.85. The highest BCUT2D eigenvalue weighted by Crippen LogP contribution is 2.31. The SMILES string of the molecule is O=C(O)c1cc2c(F)c(F)cc(F)c2s1. The van der Waals surface area contributed by atoms with Gasteiger partial charge in [0.2, 0.25) is 0 Å². The minimum absolute atomic E-state index is 0.189. The highest BCUT2D eigenvalue weighted by molar-refractivity contribution is 7.20. The Bertz CT molecular complexity index is 562. The molecule has 0 unspecified atom stereocenters. The standard InChI is InChI=1S/C9H3F3O2S/c10-4-2-5(11)8-3(7(4)12)1-6(15-8)9(13)14/h1-2H,(H,13,14). The molecule has 0 saturated carbocycles. The van der Waals surface area contributed by atoms with Gasteiger partial charge in [0.05, 0.1) is 4.70 Å². The molecule has 0 aliphatic rings. The van der Waals surface area contributed by atoms with Crippen LogP contribution in [0.4, 0.5) is 13.2 Å². The fraction of sp³-hybridized carbons (Fsp3) is 0. The van der Waals surface area contributed by atoms with Crippen LogP contribution in [0.1, 0.15) is 9.67 Å². The van der Waals surface area contributed by atoms with E-state index in [9.17, 15) is 18.0 Å². The van der Waals surface area contributed by atoms with E-state index in [1.165, 1.54) is 0 Å². The predicted molar refractivity (Wildman–Crippen MR) is 48.7 cm³/mol. The number of benzene rings is 1. The predicted octanol–water partition coefficient (Wildman–Crippen LogP) is 3.02. The van der Waals surface area contributed by atoms with Gasteiger partial charge in [0.25, 0.3) is 0 Å². The maximum absolute atomic E-state index is 13.1. The summed E-state index contributed by atoms with van der Waals surface area (Å²) in [5.74, 6) is -4.80. The molecule has 0 radical (unpaired) electrons. The Kier molecular flexibility index (Phi) is 2.15. The van der Waals surface area contributed by atoms with E-state index in [0.717, 1.165) is 6.07 Å². The normalized spacial score (nSPS) is 10.9. The van der Waals surface area contributed by atoms with Crippen molar-refractivity contribution < 1.29 is 23.1 Å². The van der Waals surface area contributed by atoms with Crippen molar-refractivity contribution in [3.63, 3.8) is 0 Å². The second kappa shape index (κ2) is 3.23. The smallest absolute Gasteiger partial charge is 0.345 e. The molecule has 1 aromatic heterocycles. The first kappa shape index (κ1) is 9.97. The Labute approximate surface area is 85.6 Å². The number of thiophene rings is 1. The highest BCUT2D eigenvalue weighted by Gasteiger charge is 2.17. The average Bonchev–Trinajstić information content (AvgIpc) is 2.59. The second-order valence-corrected chi connectivity index (χ2v) is 3.86. The molecule has 2 rings (SSSR count).